The number of para-hydroxylation sites is 2. The van der Waals surface area contributed by atoms with E-state index in [1.54, 1.807) is 0 Å². The molecule has 28 heavy (non-hydrogen) atoms. The van der Waals surface area contributed by atoms with Crippen molar-refractivity contribution in [1.82, 2.24) is 5.32 Å². The Bertz CT molecular complexity index is 787. The Hall–Kier alpha value is -2.86. The first-order valence-corrected chi connectivity index (χ1v) is 9.87. The van der Waals surface area contributed by atoms with Crippen molar-refractivity contribution in [2.45, 2.75) is 25.8 Å². The van der Waals surface area contributed by atoms with E-state index in [0.717, 1.165) is 25.9 Å². The van der Waals surface area contributed by atoms with E-state index in [1.807, 2.05) is 61.5 Å². The normalized spacial score (nSPS) is 18.9. The molecule has 6 nitrogen and oxygen atoms in total. The van der Waals surface area contributed by atoms with Crippen LogP contribution in [0.4, 0.5) is 5.69 Å². The van der Waals surface area contributed by atoms with Gasteiger partial charge in [0.15, 0.2) is 6.54 Å². The minimum atomic E-state index is -0.0284. The molecule has 1 heterocycles. The van der Waals surface area contributed by atoms with Crippen LogP contribution in [-0.4, -0.2) is 44.1 Å². The third-order valence-electron chi connectivity index (χ3n) is 4.94. The summed E-state index contributed by atoms with van der Waals surface area (Å²) in [4.78, 5) is 25.9. The standard InChI is InChI=1S/C22H27N3O3/c1-2-28-20-11-7-6-10-19(20)24-21(26)16-25-14-12-18(13-15-25)23-22(27)17-8-4-3-5-9-17/h3-11,18H,2,12-16H2,1H3,(H,23,27)(H,24,26)/p+1. The highest BCUT2D eigenvalue weighted by Crippen LogP contribution is 2.23. The van der Waals surface area contributed by atoms with Crippen LogP contribution in [0.15, 0.2) is 54.6 Å². The van der Waals surface area contributed by atoms with Crippen molar-refractivity contribution >= 4 is 17.5 Å². The van der Waals surface area contributed by atoms with Gasteiger partial charge in [0.05, 0.1) is 25.4 Å². The second-order valence-electron chi connectivity index (χ2n) is 7.02. The number of anilines is 1. The third-order valence-corrected chi connectivity index (χ3v) is 4.94. The summed E-state index contributed by atoms with van der Waals surface area (Å²) in [6.07, 6.45) is 1.74. The van der Waals surface area contributed by atoms with Gasteiger partial charge in [0.25, 0.3) is 11.8 Å². The number of rotatable bonds is 7. The first kappa shape index (κ1) is 19.9. The molecule has 0 bridgehead atoms. The van der Waals surface area contributed by atoms with Crippen LogP contribution in [0.2, 0.25) is 0 Å². The Morgan fingerprint density at radius 2 is 1.71 bits per heavy atom. The minimum absolute atomic E-state index is 0.0195. The van der Waals surface area contributed by atoms with E-state index < -0.39 is 0 Å². The van der Waals surface area contributed by atoms with Crippen molar-refractivity contribution < 1.29 is 19.2 Å². The fraction of sp³-hybridized carbons (Fsp3) is 0.364. The van der Waals surface area contributed by atoms with Gasteiger partial charge in [-0.15, -0.1) is 0 Å². The molecule has 2 aromatic carbocycles. The van der Waals surface area contributed by atoms with Gasteiger partial charge in [-0.1, -0.05) is 30.3 Å². The van der Waals surface area contributed by atoms with Crippen LogP contribution in [0.3, 0.4) is 0 Å². The Morgan fingerprint density at radius 3 is 2.43 bits per heavy atom. The Kier molecular flexibility index (Phi) is 7.03. The van der Waals surface area contributed by atoms with E-state index in [9.17, 15) is 9.59 Å². The summed E-state index contributed by atoms with van der Waals surface area (Å²) in [6.45, 7) is 4.62. The number of carbonyl (C=O) groups is 2. The molecule has 1 saturated heterocycles. The molecule has 0 aromatic heterocycles. The lowest BCUT2D eigenvalue weighted by Gasteiger charge is -2.29. The average molecular weight is 382 g/mol. The highest BCUT2D eigenvalue weighted by Gasteiger charge is 2.25. The van der Waals surface area contributed by atoms with Crippen LogP contribution in [-0.2, 0) is 4.79 Å². The van der Waals surface area contributed by atoms with Gasteiger partial charge in [-0.05, 0) is 31.2 Å². The van der Waals surface area contributed by atoms with E-state index in [2.05, 4.69) is 10.6 Å². The van der Waals surface area contributed by atoms with E-state index in [-0.39, 0.29) is 17.9 Å². The van der Waals surface area contributed by atoms with Gasteiger partial charge in [-0.2, -0.15) is 0 Å². The summed E-state index contributed by atoms with van der Waals surface area (Å²) in [5, 5.41) is 6.05. The molecule has 2 amide bonds. The smallest absolute Gasteiger partial charge is 0.279 e. The number of likely N-dealkylation sites (tertiary alicyclic amines) is 1. The van der Waals surface area contributed by atoms with Crippen LogP contribution < -0.4 is 20.3 Å². The maximum atomic E-state index is 12.4. The molecule has 0 radical (unpaired) electrons. The molecule has 1 aliphatic rings. The van der Waals surface area contributed by atoms with E-state index in [4.69, 9.17) is 4.74 Å². The average Bonchev–Trinajstić information content (AvgIpc) is 2.72. The summed E-state index contributed by atoms with van der Waals surface area (Å²) >= 11 is 0. The summed E-state index contributed by atoms with van der Waals surface area (Å²) in [5.74, 6) is 0.643. The van der Waals surface area contributed by atoms with Crippen LogP contribution in [0.5, 0.6) is 5.75 Å². The first-order valence-electron chi connectivity index (χ1n) is 9.87. The summed E-state index contributed by atoms with van der Waals surface area (Å²) in [7, 11) is 0. The number of quaternary nitrogens is 1. The number of hydrogen-bond donors (Lipinski definition) is 3. The van der Waals surface area contributed by atoms with Gasteiger partial charge in [0.2, 0.25) is 0 Å². The summed E-state index contributed by atoms with van der Waals surface area (Å²) < 4.78 is 5.55. The number of benzene rings is 2. The van der Waals surface area contributed by atoms with E-state index >= 15 is 0 Å². The van der Waals surface area contributed by atoms with Gasteiger partial charge >= 0.3 is 0 Å². The van der Waals surface area contributed by atoms with Crippen molar-refractivity contribution in [2.24, 2.45) is 0 Å². The SMILES string of the molecule is CCOc1ccccc1NC(=O)C[NH+]1CCC(NC(=O)c2ccccc2)CC1. The predicted molar refractivity (Wildman–Crippen MR) is 109 cm³/mol. The fourth-order valence-electron chi connectivity index (χ4n) is 3.48. The molecule has 2 aromatic rings. The lowest BCUT2D eigenvalue weighted by Crippen LogP contribution is -3.14. The predicted octanol–water partition coefficient (Wildman–Crippen LogP) is 1.50. The first-order chi connectivity index (χ1) is 13.7. The maximum Gasteiger partial charge on any atom is 0.279 e. The lowest BCUT2D eigenvalue weighted by atomic mass is 10.0. The van der Waals surface area contributed by atoms with Crippen LogP contribution in [0.25, 0.3) is 0 Å². The fourth-order valence-corrected chi connectivity index (χ4v) is 3.48. The Labute approximate surface area is 165 Å². The molecule has 1 fully saturated rings. The third kappa shape index (κ3) is 5.57. The molecule has 0 unspecified atom stereocenters. The molecule has 0 aliphatic carbocycles. The lowest BCUT2D eigenvalue weighted by molar-refractivity contribution is -0.897. The van der Waals surface area contributed by atoms with Gasteiger partial charge < -0.3 is 20.3 Å². The van der Waals surface area contributed by atoms with E-state index in [1.165, 1.54) is 4.90 Å². The zero-order valence-corrected chi connectivity index (χ0v) is 16.2. The maximum absolute atomic E-state index is 12.4. The topological polar surface area (TPSA) is 71.9 Å². The van der Waals surface area contributed by atoms with Crippen molar-refractivity contribution in [3.63, 3.8) is 0 Å². The Morgan fingerprint density at radius 1 is 1.04 bits per heavy atom. The monoisotopic (exact) mass is 382 g/mol. The Balaban J connectivity index is 1.44. The molecule has 0 saturated carbocycles. The quantitative estimate of drug-likeness (QED) is 0.680. The van der Waals surface area contributed by atoms with Crippen molar-refractivity contribution in [2.75, 3.05) is 31.6 Å². The van der Waals surface area contributed by atoms with E-state index in [0.29, 0.717) is 30.2 Å². The van der Waals surface area contributed by atoms with Crippen LogP contribution in [0.1, 0.15) is 30.1 Å². The summed E-state index contributed by atoms with van der Waals surface area (Å²) in [6, 6.07) is 16.9. The molecule has 0 spiro atoms. The largest absolute Gasteiger partial charge is 0.492 e. The number of piperidine rings is 1. The highest BCUT2D eigenvalue weighted by atomic mass is 16.5. The number of hydrogen-bond acceptors (Lipinski definition) is 3. The number of nitrogens with one attached hydrogen (secondary N) is 3. The van der Waals surface area contributed by atoms with Crippen molar-refractivity contribution in [3.05, 3.63) is 60.2 Å². The van der Waals surface area contributed by atoms with Gasteiger partial charge in [-0.25, -0.2) is 0 Å². The molecule has 148 valence electrons. The van der Waals surface area contributed by atoms with Crippen molar-refractivity contribution in [3.8, 4) is 5.75 Å². The molecular weight excluding hydrogens is 354 g/mol. The zero-order valence-electron chi connectivity index (χ0n) is 16.2. The molecule has 6 heteroatoms. The number of carbonyl (C=O) groups excluding carboxylic acids is 2. The second-order valence-corrected chi connectivity index (χ2v) is 7.02. The highest BCUT2D eigenvalue weighted by molar-refractivity contribution is 5.94. The number of amides is 2. The van der Waals surface area contributed by atoms with Gasteiger partial charge in [-0.3, -0.25) is 9.59 Å². The minimum Gasteiger partial charge on any atom is -0.492 e. The van der Waals surface area contributed by atoms with Gasteiger partial charge in [0, 0.05) is 24.4 Å². The zero-order chi connectivity index (χ0) is 19.8. The van der Waals surface area contributed by atoms with Crippen LogP contribution in [0, 0.1) is 0 Å². The molecule has 1 aliphatic heterocycles. The molecule has 0 atom stereocenters. The molecule has 3 rings (SSSR count). The molecular formula is C22H28N3O3+. The summed E-state index contributed by atoms with van der Waals surface area (Å²) in [5.41, 5.74) is 1.39. The number of ether oxygens (including phenoxy) is 1. The molecule has 3 N–H and O–H groups in total. The van der Waals surface area contributed by atoms with Crippen molar-refractivity contribution in [1.29, 1.82) is 0 Å². The second kappa shape index (κ2) is 9.90. The van der Waals surface area contributed by atoms with Crippen LogP contribution >= 0.6 is 0 Å². The van der Waals surface area contributed by atoms with Gasteiger partial charge in [0.1, 0.15) is 5.75 Å².